The van der Waals surface area contributed by atoms with E-state index < -0.39 is 11.0 Å². The first-order chi connectivity index (χ1) is 12.7. The molecule has 2 heterocycles. The van der Waals surface area contributed by atoms with Crippen LogP contribution in [0.25, 0.3) is 11.3 Å². The highest BCUT2D eigenvalue weighted by molar-refractivity contribution is 6.33. The van der Waals surface area contributed by atoms with Gasteiger partial charge in [-0.15, -0.1) is 0 Å². The van der Waals surface area contributed by atoms with Gasteiger partial charge in [-0.1, -0.05) is 11.6 Å². The summed E-state index contributed by atoms with van der Waals surface area (Å²) in [5, 5.41) is 14.0. The third-order valence-electron chi connectivity index (χ3n) is 4.47. The van der Waals surface area contributed by atoms with Crippen molar-refractivity contribution in [1.29, 1.82) is 0 Å². The molecule has 1 aliphatic heterocycles. The molecule has 1 aromatic heterocycles. The van der Waals surface area contributed by atoms with E-state index in [4.69, 9.17) is 16.0 Å². The average molecular weight is 390 g/mol. The number of ketones is 1. The SMILES string of the molecule is CC(=O)C1=C(C)N(C)C(=O)N[C@@H]1c1ccc(-c2cc([N+](=O)[O-])ccc2Cl)o1. The number of nitrogens with one attached hydrogen (secondary N) is 1. The van der Waals surface area contributed by atoms with Crippen LogP contribution in [0.5, 0.6) is 0 Å². The molecule has 140 valence electrons. The molecule has 1 aliphatic rings. The average Bonchev–Trinajstić information content (AvgIpc) is 3.08. The second-order valence-corrected chi connectivity index (χ2v) is 6.53. The lowest BCUT2D eigenvalue weighted by Gasteiger charge is -2.32. The van der Waals surface area contributed by atoms with Crippen LogP contribution in [0.4, 0.5) is 10.5 Å². The molecule has 1 atom stereocenters. The number of amides is 2. The molecule has 0 radical (unpaired) electrons. The smallest absolute Gasteiger partial charge is 0.322 e. The first-order valence-corrected chi connectivity index (χ1v) is 8.38. The van der Waals surface area contributed by atoms with Gasteiger partial charge in [-0.3, -0.25) is 14.9 Å². The molecule has 0 fully saturated rings. The van der Waals surface area contributed by atoms with Crippen molar-refractivity contribution in [2.75, 3.05) is 7.05 Å². The number of hydrogen-bond acceptors (Lipinski definition) is 5. The summed E-state index contributed by atoms with van der Waals surface area (Å²) in [4.78, 5) is 36.1. The van der Waals surface area contributed by atoms with E-state index >= 15 is 0 Å². The minimum absolute atomic E-state index is 0.125. The van der Waals surface area contributed by atoms with Crippen molar-refractivity contribution in [3.05, 3.63) is 62.5 Å². The summed E-state index contributed by atoms with van der Waals surface area (Å²) >= 11 is 6.15. The molecule has 0 bridgehead atoms. The van der Waals surface area contributed by atoms with Crippen LogP contribution in [0.1, 0.15) is 25.6 Å². The summed E-state index contributed by atoms with van der Waals surface area (Å²) < 4.78 is 5.81. The molecule has 2 amide bonds. The number of nitro benzene ring substituents is 1. The zero-order valence-corrected chi connectivity index (χ0v) is 15.5. The van der Waals surface area contributed by atoms with Crippen LogP contribution in [0.3, 0.4) is 0 Å². The topological polar surface area (TPSA) is 106 Å². The minimum atomic E-state index is -0.752. The Labute approximate surface area is 159 Å². The molecule has 2 aromatic rings. The molecule has 0 saturated heterocycles. The lowest BCUT2D eigenvalue weighted by atomic mass is 9.97. The molecule has 0 aliphatic carbocycles. The Hall–Kier alpha value is -3.13. The van der Waals surface area contributed by atoms with E-state index in [-0.39, 0.29) is 22.5 Å². The molecule has 8 nitrogen and oxygen atoms in total. The van der Waals surface area contributed by atoms with Gasteiger partial charge < -0.3 is 14.6 Å². The van der Waals surface area contributed by atoms with Crippen LogP contribution in [0.2, 0.25) is 5.02 Å². The lowest BCUT2D eigenvalue weighted by Crippen LogP contribution is -2.45. The van der Waals surface area contributed by atoms with Gasteiger partial charge in [-0.2, -0.15) is 0 Å². The molecule has 27 heavy (non-hydrogen) atoms. The van der Waals surface area contributed by atoms with Crippen LogP contribution < -0.4 is 5.32 Å². The number of nitro groups is 1. The maximum atomic E-state index is 12.1. The second kappa shape index (κ2) is 6.88. The molecular formula is C18H16ClN3O5. The second-order valence-electron chi connectivity index (χ2n) is 6.12. The van der Waals surface area contributed by atoms with Gasteiger partial charge >= 0.3 is 6.03 Å². The maximum Gasteiger partial charge on any atom is 0.322 e. The molecule has 1 N–H and O–H groups in total. The number of hydrogen-bond donors (Lipinski definition) is 1. The fourth-order valence-electron chi connectivity index (χ4n) is 2.97. The summed E-state index contributed by atoms with van der Waals surface area (Å²) in [6.45, 7) is 3.10. The van der Waals surface area contributed by atoms with Crippen molar-refractivity contribution in [1.82, 2.24) is 10.2 Å². The zero-order chi connectivity index (χ0) is 19.9. The van der Waals surface area contributed by atoms with Crippen molar-refractivity contribution in [2.24, 2.45) is 0 Å². The Morgan fingerprint density at radius 1 is 1.33 bits per heavy atom. The van der Waals surface area contributed by atoms with E-state index in [1.165, 1.54) is 30.0 Å². The van der Waals surface area contributed by atoms with Gasteiger partial charge in [0, 0.05) is 36.0 Å². The van der Waals surface area contributed by atoms with E-state index in [9.17, 15) is 19.7 Å². The molecule has 3 rings (SSSR count). The monoisotopic (exact) mass is 389 g/mol. The van der Waals surface area contributed by atoms with Crippen LogP contribution >= 0.6 is 11.6 Å². The number of halogens is 1. The minimum Gasteiger partial charge on any atom is -0.458 e. The van der Waals surface area contributed by atoms with E-state index in [0.29, 0.717) is 28.4 Å². The van der Waals surface area contributed by atoms with Crippen molar-refractivity contribution in [2.45, 2.75) is 19.9 Å². The van der Waals surface area contributed by atoms with E-state index in [1.54, 1.807) is 26.1 Å². The Kier molecular flexibility index (Phi) is 4.75. The Morgan fingerprint density at radius 2 is 2.04 bits per heavy atom. The summed E-state index contributed by atoms with van der Waals surface area (Å²) in [6.07, 6.45) is 0. The van der Waals surface area contributed by atoms with Gasteiger partial charge in [0.25, 0.3) is 5.69 Å². The maximum absolute atomic E-state index is 12.1. The first-order valence-electron chi connectivity index (χ1n) is 8.00. The lowest BCUT2D eigenvalue weighted by molar-refractivity contribution is -0.384. The highest BCUT2D eigenvalue weighted by Gasteiger charge is 2.34. The van der Waals surface area contributed by atoms with Crippen molar-refractivity contribution < 1.29 is 18.9 Å². The number of Topliss-reactive ketones (excluding diaryl/α,β-unsaturated/α-hetero) is 1. The third kappa shape index (κ3) is 3.31. The van der Waals surface area contributed by atoms with E-state index in [0.717, 1.165) is 0 Å². The normalized spacial score (nSPS) is 17.1. The number of carbonyl (C=O) groups is 2. The zero-order valence-electron chi connectivity index (χ0n) is 14.8. The third-order valence-corrected chi connectivity index (χ3v) is 4.80. The largest absolute Gasteiger partial charge is 0.458 e. The number of carbonyl (C=O) groups excluding carboxylic acids is 2. The predicted octanol–water partition coefficient (Wildman–Crippen LogP) is 4.07. The van der Waals surface area contributed by atoms with Crippen LogP contribution in [0.15, 0.2) is 46.0 Å². The number of rotatable bonds is 4. The Balaban J connectivity index is 2.06. The molecule has 9 heteroatoms. The van der Waals surface area contributed by atoms with Gasteiger partial charge in [0.15, 0.2) is 5.78 Å². The Morgan fingerprint density at radius 3 is 2.67 bits per heavy atom. The van der Waals surface area contributed by atoms with Crippen LogP contribution in [-0.4, -0.2) is 28.7 Å². The fraction of sp³-hybridized carbons (Fsp3) is 0.222. The number of allylic oxidation sites excluding steroid dienone is 1. The quantitative estimate of drug-likeness (QED) is 0.626. The van der Waals surface area contributed by atoms with Crippen molar-refractivity contribution in [3.8, 4) is 11.3 Å². The van der Waals surface area contributed by atoms with Gasteiger partial charge in [0.1, 0.15) is 17.6 Å². The van der Waals surface area contributed by atoms with E-state index in [2.05, 4.69) is 5.32 Å². The van der Waals surface area contributed by atoms with Gasteiger partial charge in [-0.05, 0) is 32.0 Å². The summed E-state index contributed by atoms with van der Waals surface area (Å²) in [5.41, 5.74) is 1.16. The van der Waals surface area contributed by atoms with E-state index in [1.807, 2.05) is 0 Å². The highest BCUT2D eigenvalue weighted by Crippen LogP contribution is 2.36. The first kappa shape index (κ1) is 18.7. The molecule has 0 unspecified atom stereocenters. The number of nitrogens with zero attached hydrogens (tertiary/aromatic N) is 2. The van der Waals surface area contributed by atoms with Crippen molar-refractivity contribution >= 4 is 29.1 Å². The van der Waals surface area contributed by atoms with Crippen LogP contribution in [0, 0.1) is 10.1 Å². The summed E-state index contributed by atoms with van der Waals surface area (Å²) in [5.74, 6) is 0.432. The van der Waals surface area contributed by atoms with Crippen LogP contribution in [-0.2, 0) is 4.79 Å². The predicted molar refractivity (Wildman–Crippen MR) is 98.2 cm³/mol. The molecule has 1 aromatic carbocycles. The van der Waals surface area contributed by atoms with Gasteiger partial charge in [0.05, 0.1) is 9.95 Å². The fourth-order valence-corrected chi connectivity index (χ4v) is 3.18. The number of urea groups is 1. The number of furan rings is 1. The van der Waals surface area contributed by atoms with Gasteiger partial charge in [-0.25, -0.2) is 4.79 Å². The van der Waals surface area contributed by atoms with Crippen molar-refractivity contribution in [3.63, 3.8) is 0 Å². The van der Waals surface area contributed by atoms with Gasteiger partial charge in [0.2, 0.25) is 0 Å². The standard InChI is InChI=1S/C18H16ClN3O5/c1-9-16(10(2)23)17(20-18(24)21(9)3)15-7-6-14(27-15)12-8-11(22(25)26)4-5-13(12)19/h4-8,17H,1-3H3,(H,20,24)/t17-/m1/s1. The summed E-state index contributed by atoms with van der Waals surface area (Å²) in [7, 11) is 1.57. The number of benzene rings is 1. The summed E-state index contributed by atoms with van der Waals surface area (Å²) in [6, 6.07) is 6.11. The molecular weight excluding hydrogens is 374 g/mol. The number of non-ortho nitro benzene ring substituents is 1. The highest BCUT2D eigenvalue weighted by atomic mass is 35.5. The Bertz CT molecular complexity index is 995. The molecule has 0 saturated carbocycles. The molecule has 0 spiro atoms.